The maximum atomic E-state index is 12.8. The maximum absolute atomic E-state index is 12.8. The molecule has 0 amide bonds. The first-order valence-electron chi connectivity index (χ1n) is 8.08. The number of hydrogen-bond donors (Lipinski definition) is 0. The third-order valence-corrected chi connectivity index (χ3v) is 5.49. The molecule has 3 aromatic rings. The molecule has 0 aliphatic carbocycles. The summed E-state index contributed by atoms with van der Waals surface area (Å²) in [6.07, 6.45) is 0. The van der Waals surface area contributed by atoms with Crippen LogP contribution in [0.4, 0.5) is 0 Å². The van der Waals surface area contributed by atoms with E-state index >= 15 is 0 Å². The van der Waals surface area contributed by atoms with E-state index in [2.05, 4.69) is 31.9 Å². The van der Waals surface area contributed by atoms with Crippen LogP contribution in [-0.2, 0) is 0 Å². The van der Waals surface area contributed by atoms with Crippen molar-refractivity contribution in [2.75, 3.05) is 0 Å². The molecule has 3 rings (SSSR count). The molecule has 0 radical (unpaired) electrons. The molecule has 0 saturated carbocycles. The topological polar surface area (TPSA) is 34.1 Å². The summed E-state index contributed by atoms with van der Waals surface area (Å²) in [4.78, 5) is 25.6. The predicted octanol–water partition coefficient (Wildman–Crippen LogP) is 6.29. The maximum Gasteiger partial charge on any atom is 0.194 e. The Morgan fingerprint density at radius 2 is 0.923 bits per heavy atom. The Bertz CT molecular complexity index is 905. The van der Waals surface area contributed by atoms with Crippen LogP contribution in [0.5, 0.6) is 0 Å². The number of carbonyl (C=O) groups is 2. The van der Waals surface area contributed by atoms with Crippen molar-refractivity contribution in [3.63, 3.8) is 0 Å². The van der Waals surface area contributed by atoms with Crippen LogP contribution in [0.3, 0.4) is 0 Å². The van der Waals surface area contributed by atoms with Crippen LogP contribution in [0, 0.1) is 13.8 Å². The van der Waals surface area contributed by atoms with Crippen LogP contribution in [0.25, 0.3) is 0 Å². The van der Waals surface area contributed by atoms with E-state index in [9.17, 15) is 9.59 Å². The second-order valence-electron chi connectivity index (χ2n) is 6.20. The van der Waals surface area contributed by atoms with Crippen molar-refractivity contribution < 1.29 is 9.59 Å². The smallest absolute Gasteiger partial charge is 0.194 e. The Morgan fingerprint density at radius 1 is 0.615 bits per heavy atom. The molecule has 0 aliphatic heterocycles. The van der Waals surface area contributed by atoms with E-state index in [1.165, 1.54) is 0 Å². The van der Waals surface area contributed by atoms with Crippen molar-refractivity contribution in [3.8, 4) is 0 Å². The highest BCUT2D eigenvalue weighted by Crippen LogP contribution is 2.29. The summed E-state index contributed by atoms with van der Waals surface area (Å²) < 4.78 is 1.20. The first-order valence-corrected chi connectivity index (χ1v) is 9.67. The molecule has 0 aromatic heterocycles. The van der Waals surface area contributed by atoms with Gasteiger partial charge in [-0.2, -0.15) is 0 Å². The van der Waals surface area contributed by atoms with Gasteiger partial charge in [0.05, 0.1) is 0 Å². The number of ketones is 2. The molecule has 0 unspecified atom stereocenters. The molecule has 0 heterocycles. The standard InChI is InChI=1S/C22H16Br2O2/c1-13-3-7-15(8-4-13)21(25)17-11-20(24)18(12-19(17)23)22(26)16-9-5-14(2)6-10-16/h3-12H,1-2H3. The quantitative estimate of drug-likeness (QED) is 0.419. The highest BCUT2D eigenvalue weighted by atomic mass is 79.9. The van der Waals surface area contributed by atoms with E-state index < -0.39 is 0 Å². The number of aryl methyl sites for hydroxylation is 2. The fourth-order valence-electron chi connectivity index (χ4n) is 2.62. The van der Waals surface area contributed by atoms with Crippen LogP contribution >= 0.6 is 31.9 Å². The molecule has 4 heteroatoms. The lowest BCUT2D eigenvalue weighted by Crippen LogP contribution is -2.07. The average Bonchev–Trinajstić information content (AvgIpc) is 2.63. The fraction of sp³-hybridized carbons (Fsp3) is 0.0909. The van der Waals surface area contributed by atoms with Gasteiger partial charge in [0, 0.05) is 31.2 Å². The van der Waals surface area contributed by atoms with Crippen molar-refractivity contribution in [2.45, 2.75) is 13.8 Å². The van der Waals surface area contributed by atoms with E-state index in [0.29, 0.717) is 31.2 Å². The molecule has 0 atom stereocenters. The first-order chi connectivity index (χ1) is 12.4. The molecule has 0 N–H and O–H groups in total. The van der Waals surface area contributed by atoms with Crippen LogP contribution in [0.2, 0.25) is 0 Å². The Hall–Kier alpha value is -2.04. The SMILES string of the molecule is Cc1ccc(C(=O)c2cc(Br)c(C(=O)c3ccc(C)cc3)cc2Br)cc1. The second kappa shape index (κ2) is 7.68. The Morgan fingerprint density at radius 3 is 1.23 bits per heavy atom. The largest absolute Gasteiger partial charge is 0.289 e. The molecule has 0 fully saturated rings. The summed E-state index contributed by atoms with van der Waals surface area (Å²) >= 11 is 6.90. The molecule has 3 aromatic carbocycles. The molecule has 26 heavy (non-hydrogen) atoms. The number of hydrogen-bond acceptors (Lipinski definition) is 2. The molecule has 0 spiro atoms. The number of benzene rings is 3. The lowest BCUT2D eigenvalue weighted by Gasteiger charge is -2.10. The number of halogens is 2. The van der Waals surface area contributed by atoms with Crippen molar-refractivity contribution in [3.05, 3.63) is 103 Å². The van der Waals surface area contributed by atoms with E-state index in [1.807, 2.05) is 62.4 Å². The lowest BCUT2D eigenvalue weighted by atomic mass is 9.98. The minimum Gasteiger partial charge on any atom is -0.289 e. The molecule has 0 bridgehead atoms. The molecular weight excluding hydrogens is 456 g/mol. The van der Waals surface area contributed by atoms with Gasteiger partial charge in [0.15, 0.2) is 11.6 Å². The van der Waals surface area contributed by atoms with Crippen molar-refractivity contribution in [2.24, 2.45) is 0 Å². The van der Waals surface area contributed by atoms with Gasteiger partial charge in [0.2, 0.25) is 0 Å². The van der Waals surface area contributed by atoms with Crippen molar-refractivity contribution >= 4 is 43.4 Å². The zero-order valence-electron chi connectivity index (χ0n) is 14.3. The fourth-order valence-corrected chi connectivity index (χ4v) is 3.66. The first kappa shape index (κ1) is 18.7. The second-order valence-corrected chi connectivity index (χ2v) is 7.91. The molecule has 0 saturated heterocycles. The molecule has 130 valence electrons. The summed E-state index contributed by atoms with van der Waals surface area (Å²) in [5.41, 5.74) is 4.45. The van der Waals surface area contributed by atoms with Gasteiger partial charge in [0.1, 0.15) is 0 Å². The lowest BCUT2D eigenvalue weighted by molar-refractivity contribution is 0.102. The van der Waals surface area contributed by atoms with Crippen LogP contribution in [0.15, 0.2) is 69.6 Å². The molecular formula is C22H16Br2O2. The Balaban J connectivity index is 1.98. The van der Waals surface area contributed by atoms with E-state index in [-0.39, 0.29) is 11.6 Å². The summed E-state index contributed by atoms with van der Waals surface area (Å²) in [5.74, 6) is -0.182. The Labute approximate surface area is 169 Å². The highest BCUT2D eigenvalue weighted by Gasteiger charge is 2.19. The number of rotatable bonds is 4. The third-order valence-electron chi connectivity index (χ3n) is 4.17. The Kier molecular flexibility index (Phi) is 5.54. The van der Waals surface area contributed by atoms with E-state index in [1.54, 1.807) is 12.1 Å². The van der Waals surface area contributed by atoms with Gasteiger partial charge < -0.3 is 0 Å². The van der Waals surface area contributed by atoms with Gasteiger partial charge in [-0.15, -0.1) is 0 Å². The highest BCUT2D eigenvalue weighted by molar-refractivity contribution is 9.11. The summed E-state index contributed by atoms with van der Waals surface area (Å²) in [5, 5.41) is 0. The van der Waals surface area contributed by atoms with Gasteiger partial charge >= 0.3 is 0 Å². The van der Waals surface area contributed by atoms with Crippen LogP contribution in [-0.4, -0.2) is 11.6 Å². The summed E-state index contributed by atoms with van der Waals surface area (Å²) in [7, 11) is 0. The minimum atomic E-state index is -0.0908. The zero-order valence-corrected chi connectivity index (χ0v) is 17.5. The van der Waals surface area contributed by atoms with Gasteiger partial charge in [-0.1, -0.05) is 91.5 Å². The van der Waals surface area contributed by atoms with Crippen LogP contribution < -0.4 is 0 Å². The van der Waals surface area contributed by atoms with Crippen molar-refractivity contribution in [1.29, 1.82) is 0 Å². The van der Waals surface area contributed by atoms with Gasteiger partial charge in [0.25, 0.3) is 0 Å². The average molecular weight is 472 g/mol. The summed E-state index contributed by atoms with van der Waals surface area (Å²) in [6, 6.07) is 18.3. The summed E-state index contributed by atoms with van der Waals surface area (Å²) in [6.45, 7) is 3.96. The van der Waals surface area contributed by atoms with Crippen LogP contribution in [0.1, 0.15) is 43.0 Å². The molecule has 2 nitrogen and oxygen atoms in total. The van der Waals surface area contributed by atoms with Crippen molar-refractivity contribution in [1.82, 2.24) is 0 Å². The third kappa shape index (κ3) is 3.87. The van der Waals surface area contributed by atoms with Gasteiger partial charge in [-0.05, 0) is 26.0 Å². The molecule has 0 aliphatic rings. The zero-order chi connectivity index (χ0) is 18.8. The predicted molar refractivity (Wildman–Crippen MR) is 111 cm³/mol. The van der Waals surface area contributed by atoms with E-state index in [4.69, 9.17) is 0 Å². The van der Waals surface area contributed by atoms with E-state index in [0.717, 1.165) is 11.1 Å². The minimum absolute atomic E-state index is 0.0908. The normalized spacial score (nSPS) is 10.6. The monoisotopic (exact) mass is 470 g/mol. The van der Waals surface area contributed by atoms with Gasteiger partial charge in [-0.3, -0.25) is 9.59 Å². The van der Waals surface area contributed by atoms with Gasteiger partial charge in [-0.25, -0.2) is 0 Å². The number of carbonyl (C=O) groups excluding carboxylic acids is 2.